The number of ether oxygens (including phenoxy) is 1. The summed E-state index contributed by atoms with van der Waals surface area (Å²) in [6, 6.07) is 6.59. The second kappa shape index (κ2) is 5.58. The van der Waals surface area contributed by atoms with E-state index in [-0.39, 0.29) is 19.1 Å². The number of primary sulfonamides is 1. The summed E-state index contributed by atoms with van der Waals surface area (Å²) in [4.78, 5) is -0.0204. The summed E-state index contributed by atoms with van der Waals surface area (Å²) in [5, 5.41) is 5.40. The van der Waals surface area contributed by atoms with Crippen LogP contribution < -0.4 is 9.88 Å². The van der Waals surface area contributed by atoms with Gasteiger partial charge in [0.05, 0.1) is 12.0 Å². The number of sulfone groups is 1. The minimum Gasteiger partial charge on any atom is -0.494 e. The Balaban J connectivity index is 2.65. The van der Waals surface area contributed by atoms with Crippen LogP contribution in [0.25, 0.3) is 0 Å². The molecule has 2 N–H and O–H groups in total. The van der Waals surface area contributed by atoms with Crippen molar-refractivity contribution < 1.29 is 21.6 Å². The first-order valence-corrected chi connectivity index (χ1v) is 9.60. The summed E-state index contributed by atoms with van der Waals surface area (Å²) >= 11 is 6.26. The van der Waals surface area contributed by atoms with E-state index >= 15 is 0 Å². The monoisotopic (exact) mass is 367 g/mol. The first kappa shape index (κ1) is 16.2. The molecule has 1 heterocycles. The van der Waals surface area contributed by atoms with Gasteiger partial charge in [0.15, 0.2) is 4.21 Å². The molecule has 2 rings (SSSR count). The molecule has 0 unspecified atom stereocenters. The number of halogens is 1. The van der Waals surface area contributed by atoms with Gasteiger partial charge in [-0.2, -0.15) is 0 Å². The lowest BCUT2D eigenvalue weighted by Gasteiger charge is -2.04. The van der Waals surface area contributed by atoms with Gasteiger partial charge in [0.2, 0.25) is 19.9 Å². The molecule has 6 nitrogen and oxygen atoms in total. The molecule has 21 heavy (non-hydrogen) atoms. The number of methoxy groups -OCH3 is 1. The lowest BCUT2D eigenvalue weighted by atomic mass is 10.4. The van der Waals surface area contributed by atoms with E-state index in [1.54, 1.807) is 0 Å². The molecule has 10 heteroatoms. The van der Waals surface area contributed by atoms with E-state index in [4.69, 9.17) is 21.5 Å². The van der Waals surface area contributed by atoms with Crippen molar-refractivity contribution in [1.29, 1.82) is 0 Å². The standard InChI is InChI=1S/C11H10ClNO5S3/c1-18-9-6-10(21(13,16)17)19-11(9)20(14,15)8-4-2-7(12)3-5-8/h2-6H,1H3,(H2,13,16,17). The zero-order chi connectivity index (χ0) is 15.8. The van der Waals surface area contributed by atoms with Crippen molar-refractivity contribution in [2.75, 3.05) is 7.11 Å². The van der Waals surface area contributed by atoms with Crippen LogP contribution in [0.1, 0.15) is 0 Å². The van der Waals surface area contributed by atoms with Gasteiger partial charge < -0.3 is 4.74 Å². The SMILES string of the molecule is COc1cc(S(N)(=O)=O)sc1S(=O)(=O)c1ccc(Cl)cc1. The summed E-state index contributed by atoms with van der Waals surface area (Å²) in [6.07, 6.45) is 0. The highest BCUT2D eigenvalue weighted by atomic mass is 35.5. The number of nitrogens with two attached hydrogens (primary N) is 1. The lowest BCUT2D eigenvalue weighted by molar-refractivity contribution is 0.406. The van der Waals surface area contributed by atoms with Crippen molar-refractivity contribution >= 4 is 42.8 Å². The Morgan fingerprint density at radius 3 is 2.19 bits per heavy atom. The van der Waals surface area contributed by atoms with Crippen LogP contribution in [0.5, 0.6) is 5.75 Å². The predicted molar refractivity (Wildman–Crippen MR) is 79.1 cm³/mol. The van der Waals surface area contributed by atoms with Gasteiger partial charge in [0, 0.05) is 11.1 Å². The Morgan fingerprint density at radius 1 is 1.14 bits per heavy atom. The summed E-state index contributed by atoms with van der Waals surface area (Å²) in [5.41, 5.74) is 0. The molecule has 0 saturated heterocycles. The number of hydrogen-bond donors (Lipinski definition) is 1. The molecule has 0 bridgehead atoms. The Hall–Kier alpha value is -1.13. The number of rotatable bonds is 4. The van der Waals surface area contributed by atoms with Crippen LogP contribution in [-0.4, -0.2) is 23.9 Å². The maximum absolute atomic E-state index is 12.5. The van der Waals surface area contributed by atoms with E-state index in [2.05, 4.69) is 0 Å². The normalized spacial score (nSPS) is 12.3. The van der Waals surface area contributed by atoms with Crippen molar-refractivity contribution in [3.8, 4) is 5.75 Å². The van der Waals surface area contributed by atoms with Crippen molar-refractivity contribution in [3.63, 3.8) is 0 Å². The van der Waals surface area contributed by atoms with E-state index < -0.39 is 19.9 Å². The highest BCUT2D eigenvalue weighted by Gasteiger charge is 2.28. The minimum atomic E-state index is -4.01. The number of sulfonamides is 1. The van der Waals surface area contributed by atoms with Gasteiger partial charge in [-0.3, -0.25) is 0 Å². The largest absolute Gasteiger partial charge is 0.494 e. The first-order chi connectivity index (χ1) is 9.66. The Kier molecular flexibility index (Phi) is 4.31. The Bertz CT molecular complexity index is 869. The molecule has 0 radical (unpaired) electrons. The molecule has 0 aliphatic rings. The van der Waals surface area contributed by atoms with E-state index in [0.717, 1.165) is 6.07 Å². The van der Waals surface area contributed by atoms with Crippen LogP contribution in [0.3, 0.4) is 0 Å². The molecule has 1 aromatic carbocycles. The first-order valence-electron chi connectivity index (χ1n) is 5.37. The fraction of sp³-hybridized carbons (Fsp3) is 0.0909. The second-order valence-electron chi connectivity index (χ2n) is 3.92. The van der Waals surface area contributed by atoms with Gasteiger partial charge in [0.1, 0.15) is 9.96 Å². The number of benzene rings is 1. The van der Waals surface area contributed by atoms with E-state index in [1.165, 1.54) is 31.4 Å². The fourth-order valence-corrected chi connectivity index (χ4v) is 5.50. The van der Waals surface area contributed by atoms with Crippen LogP contribution in [0, 0.1) is 0 Å². The molecule has 0 spiro atoms. The summed E-state index contributed by atoms with van der Waals surface area (Å²) < 4.78 is 52.1. The molecule has 0 atom stereocenters. The van der Waals surface area contributed by atoms with Crippen molar-refractivity contribution in [2.24, 2.45) is 5.14 Å². The highest BCUT2D eigenvalue weighted by Crippen LogP contribution is 2.38. The number of thiophene rings is 1. The molecular formula is C11H10ClNO5S3. The van der Waals surface area contributed by atoms with E-state index in [0.29, 0.717) is 16.4 Å². The summed E-state index contributed by atoms with van der Waals surface area (Å²) in [6.45, 7) is 0. The lowest BCUT2D eigenvalue weighted by Crippen LogP contribution is -2.09. The summed E-state index contributed by atoms with van der Waals surface area (Å²) in [5.74, 6) is -0.0704. The van der Waals surface area contributed by atoms with Crippen LogP contribution in [0.15, 0.2) is 43.6 Å². The van der Waals surface area contributed by atoms with Crippen LogP contribution in [0.2, 0.25) is 5.02 Å². The maximum atomic E-state index is 12.5. The van der Waals surface area contributed by atoms with Crippen molar-refractivity contribution in [1.82, 2.24) is 0 Å². The third-order valence-electron chi connectivity index (χ3n) is 2.51. The van der Waals surface area contributed by atoms with Crippen LogP contribution >= 0.6 is 22.9 Å². The minimum absolute atomic E-state index is 0.0204. The van der Waals surface area contributed by atoms with Gasteiger partial charge in [-0.15, -0.1) is 11.3 Å². The molecule has 114 valence electrons. The van der Waals surface area contributed by atoms with Crippen molar-refractivity contribution in [2.45, 2.75) is 13.3 Å². The van der Waals surface area contributed by atoms with E-state index in [9.17, 15) is 16.8 Å². The average Bonchev–Trinajstić information content (AvgIpc) is 2.84. The maximum Gasteiger partial charge on any atom is 0.247 e. The predicted octanol–water partition coefficient (Wildman–Crippen LogP) is 1.89. The zero-order valence-electron chi connectivity index (χ0n) is 10.6. The van der Waals surface area contributed by atoms with Crippen LogP contribution in [0.4, 0.5) is 0 Å². The molecule has 0 amide bonds. The molecule has 0 aliphatic heterocycles. The molecule has 0 fully saturated rings. The third kappa shape index (κ3) is 3.22. The molecule has 1 aromatic heterocycles. The van der Waals surface area contributed by atoms with Gasteiger partial charge in [-0.05, 0) is 24.3 Å². The van der Waals surface area contributed by atoms with E-state index in [1.807, 2.05) is 0 Å². The fourth-order valence-electron chi connectivity index (χ4n) is 1.53. The van der Waals surface area contributed by atoms with Gasteiger partial charge in [-0.1, -0.05) is 11.6 Å². The molecule has 0 aliphatic carbocycles. The third-order valence-corrected chi connectivity index (χ3v) is 7.59. The van der Waals surface area contributed by atoms with Gasteiger partial charge in [-0.25, -0.2) is 22.0 Å². The topological polar surface area (TPSA) is 104 Å². The second-order valence-corrected chi connectivity index (χ2v) is 9.35. The molecule has 0 saturated carbocycles. The van der Waals surface area contributed by atoms with Gasteiger partial charge >= 0.3 is 0 Å². The Labute approximate surface area is 131 Å². The average molecular weight is 368 g/mol. The zero-order valence-corrected chi connectivity index (χ0v) is 13.8. The summed E-state index contributed by atoms with van der Waals surface area (Å²) in [7, 11) is -6.69. The molecule has 2 aromatic rings. The quantitative estimate of drug-likeness (QED) is 0.888. The Morgan fingerprint density at radius 2 is 1.71 bits per heavy atom. The van der Waals surface area contributed by atoms with Crippen LogP contribution in [-0.2, 0) is 19.9 Å². The van der Waals surface area contributed by atoms with Gasteiger partial charge in [0.25, 0.3) is 0 Å². The smallest absolute Gasteiger partial charge is 0.247 e. The highest BCUT2D eigenvalue weighted by molar-refractivity contribution is 7.95. The molecular weight excluding hydrogens is 358 g/mol. The van der Waals surface area contributed by atoms with Crippen molar-refractivity contribution in [3.05, 3.63) is 35.4 Å². The number of hydrogen-bond acceptors (Lipinski definition) is 6.